The quantitative estimate of drug-likeness (QED) is 0.826. The highest BCUT2D eigenvalue weighted by Crippen LogP contribution is 2.51. The first-order valence-corrected chi connectivity index (χ1v) is 7.86. The Morgan fingerprint density at radius 2 is 2.22 bits per heavy atom. The van der Waals surface area contributed by atoms with Gasteiger partial charge < -0.3 is 10.4 Å². The second-order valence-electron chi connectivity index (χ2n) is 6.29. The minimum Gasteiger partial charge on any atom is -0.478 e. The number of aromatic carboxylic acids is 1. The molecule has 1 aromatic carbocycles. The highest BCUT2D eigenvalue weighted by Gasteiger charge is 2.40. The second-order valence-corrected chi connectivity index (χ2v) is 6.29. The van der Waals surface area contributed by atoms with Gasteiger partial charge in [0.05, 0.1) is 11.6 Å². The first-order chi connectivity index (χ1) is 11.2. The lowest BCUT2D eigenvalue weighted by Crippen LogP contribution is -2.31. The largest absolute Gasteiger partial charge is 0.478 e. The maximum Gasteiger partial charge on any atom is 0.336 e. The summed E-state index contributed by atoms with van der Waals surface area (Å²) in [5, 5.41) is 13.2. The van der Waals surface area contributed by atoms with Gasteiger partial charge >= 0.3 is 5.97 Å². The van der Waals surface area contributed by atoms with Crippen LogP contribution in [0.2, 0.25) is 0 Å². The van der Waals surface area contributed by atoms with Crippen LogP contribution < -0.4 is 5.32 Å². The molecule has 0 unspecified atom stereocenters. The monoisotopic (exact) mass is 306 g/mol. The summed E-state index contributed by atoms with van der Waals surface area (Å²) in [6, 6.07) is 7.80. The first-order valence-electron chi connectivity index (χ1n) is 7.86. The van der Waals surface area contributed by atoms with Crippen LogP contribution in [0.15, 0.2) is 48.8 Å². The van der Waals surface area contributed by atoms with Crippen molar-refractivity contribution in [2.75, 3.05) is 5.32 Å². The Labute approximate surface area is 134 Å². The number of hydrogen-bond donors (Lipinski definition) is 2. The number of rotatable bonds is 2. The zero-order chi connectivity index (χ0) is 16.0. The summed E-state index contributed by atoms with van der Waals surface area (Å²) in [4.78, 5) is 15.9. The van der Waals surface area contributed by atoms with Crippen LogP contribution in [0.3, 0.4) is 0 Å². The number of carboxylic acid groups (broad SMARTS) is 1. The Kier molecular flexibility index (Phi) is 3.18. The summed E-state index contributed by atoms with van der Waals surface area (Å²) in [7, 11) is 0. The number of hydrogen-bond acceptors (Lipinski definition) is 3. The van der Waals surface area contributed by atoms with Crippen LogP contribution in [0.1, 0.15) is 45.4 Å². The van der Waals surface area contributed by atoms with E-state index >= 15 is 0 Å². The second kappa shape index (κ2) is 5.23. The molecule has 116 valence electrons. The number of carboxylic acids is 1. The number of anilines is 1. The van der Waals surface area contributed by atoms with E-state index in [0.29, 0.717) is 11.5 Å². The minimum atomic E-state index is -0.859. The van der Waals surface area contributed by atoms with Gasteiger partial charge in [-0.3, -0.25) is 4.98 Å². The van der Waals surface area contributed by atoms with Gasteiger partial charge in [0.2, 0.25) is 0 Å². The molecule has 1 aliphatic carbocycles. The molecular weight excluding hydrogens is 288 g/mol. The number of nitrogens with zero attached hydrogens (tertiary/aromatic N) is 1. The van der Waals surface area contributed by atoms with E-state index in [1.54, 1.807) is 12.3 Å². The summed E-state index contributed by atoms with van der Waals surface area (Å²) in [5.41, 5.74) is 4.53. The Hall–Kier alpha value is -2.62. The predicted molar refractivity (Wildman–Crippen MR) is 88.7 cm³/mol. The summed E-state index contributed by atoms with van der Waals surface area (Å²) in [6.07, 6.45) is 8.96. The van der Waals surface area contributed by atoms with Crippen molar-refractivity contribution in [2.24, 2.45) is 5.92 Å². The lowest BCUT2D eigenvalue weighted by Gasteiger charge is -2.38. The van der Waals surface area contributed by atoms with Crippen LogP contribution in [-0.4, -0.2) is 16.1 Å². The van der Waals surface area contributed by atoms with Gasteiger partial charge in [-0.1, -0.05) is 24.3 Å². The molecule has 0 amide bonds. The van der Waals surface area contributed by atoms with Crippen molar-refractivity contribution in [2.45, 2.75) is 25.3 Å². The third-order valence-electron chi connectivity index (χ3n) is 5.00. The van der Waals surface area contributed by atoms with Gasteiger partial charge in [0.1, 0.15) is 0 Å². The number of allylic oxidation sites excluding steroid dienone is 2. The molecule has 2 N–H and O–H groups in total. The molecule has 0 spiro atoms. The van der Waals surface area contributed by atoms with Crippen LogP contribution in [-0.2, 0) is 0 Å². The highest BCUT2D eigenvalue weighted by molar-refractivity contribution is 5.93. The van der Waals surface area contributed by atoms with E-state index in [1.165, 1.54) is 0 Å². The lowest BCUT2D eigenvalue weighted by atomic mass is 9.75. The van der Waals surface area contributed by atoms with Crippen molar-refractivity contribution in [3.8, 4) is 0 Å². The van der Waals surface area contributed by atoms with Gasteiger partial charge in [-0.25, -0.2) is 4.79 Å². The van der Waals surface area contributed by atoms with Crippen LogP contribution in [0.25, 0.3) is 0 Å². The number of nitrogens with one attached hydrogen (secondary N) is 1. The SMILES string of the molecule is Cc1ccc(C(=O)O)c2c1N[C@H](c1cccnc1)[C@H]1CC=C[C@@H]21. The van der Waals surface area contributed by atoms with Gasteiger partial charge in [0.15, 0.2) is 0 Å². The van der Waals surface area contributed by atoms with Crippen molar-refractivity contribution in [1.29, 1.82) is 0 Å². The van der Waals surface area contributed by atoms with Crippen LogP contribution >= 0.6 is 0 Å². The van der Waals surface area contributed by atoms with Crippen molar-refractivity contribution in [3.63, 3.8) is 0 Å². The van der Waals surface area contributed by atoms with Gasteiger partial charge in [0.25, 0.3) is 0 Å². The maximum absolute atomic E-state index is 11.7. The van der Waals surface area contributed by atoms with E-state index in [4.69, 9.17) is 0 Å². The fraction of sp³-hybridized carbons (Fsp3) is 0.263. The number of carbonyl (C=O) groups is 1. The summed E-state index contributed by atoms with van der Waals surface area (Å²) >= 11 is 0. The van der Waals surface area contributed by atoms with Crippen molar-refractivity contribution in [3.05, 3.63) is 71.1 Å². The minimum absolute atomic E-state index is 0.141. The van der Waals surface area contributed by atoms with Crippen LogP contribution in [0, 0.1) is 12.8 Å². The molecule has 1 aromatic heterocycles. The van der Waals surface area contributed by atoms with E-state index in [9.17, 15) is 9.90 Å². The number of fused-ring (bicyclic) bond motifs is 3. The van der Waals surface area contributed by atoms with Crippen LogP contribution in [0.4, 0.5) is 5.69 Å². The Morgan fingerprint density at radius 3 is 2.96 bits per heavy atom. The van der Waals surface area contributed by atoms with Crippen LogP contribution in [0.5, 0.6) is 0 Å². The molecule has 2 aromatic rings. The number of pyridine rings is 1. The standard InChI is InChI=1S/C19H18N2O2/c1-11-7-8-15(19(22)23)16-13-5-2-6-14(13)18(21-17(11)16)12-4-3-9-20-10-12/h2-5,7-10,13-14,18,21H,6H2,1H3,(H,22,23)/t13-,14+,18-/m1/s1. The van der Waals surface area contributed by atoms with Crippen molar-refractivity contribution < 1.29 is 9.90 Å². The van der Waals surface area contributed by atoms with Crippen molar-refractivity contribution >= 4 is 11.7 Å². The smallest absolute Gasteiger partial charge is 0.336 e. The van der Waals surface area contributed by atoms with Gasteiger partial charge in [-0.2, -0.15) is 0 Å². The zero-order valence-corrected chi connectivity index (χ0v) is 12.9. The Bertz CT molecular complexity index is 799. The summed E-state index contributed by atoms with van der Waals surface area (Å²) in [6.45, 7) is 2.02. The summed E-state index contributed by atoms with van der Waals surface area (Å²) in [5.74, 6) is -0.393. The topological polar surface area (TPSA) is 62.2 Å². The Balaban J connectivity index is 1.89. The van der Waals surface area contributed by atoms with E-state index in [1.807, 2.05) is 25.3 Å². The average molecular weight is 306 g/mol. The zero-order valence-electron chi connectivity index (χ0n) is 12.9. The molecule has 2 heterocycles. The molecule has 0 fully saturated rings. The molecule has 3 atom stereocenters. The fourth-order valence-corrected chi connectivity index (χ4v) is 3.93. The summed E-state index contributed by atoms with van der Waals surface area (Å²) < 4.78 is 0. The molecule has 0 saturated heterocycles. The third-order valence-corrected chi connectivity index (χ3v) is 5.00. The molecule has 23 heavy (non-hydrogen) atoms. The fourth-order valence-electron chi connectivity index (χ4n) is 3.93. The number of aryl methyl sites for hydroxylation is 1. The molecule has 4 heteroatoms. The maximum atomic E-state index is 11.7. The van der Waals surface area contributed by atoms with E-state index < -0.39 is 5.97 Å². The van der Waals surface area contributed by atoms with Gasteiger partial charge in [0, 0.05) is 24.0 Å². The Morgan fingerprint density at radius 1 is 1.35 bits per heavy atom. The van der Waals surface area contributed by atoms with Gasteiger partial charge in [-0.05, 0) is 48.1 Å². The molecule has 4 rings (SSSR count). The first kappa shape index (κ1) is 14.0. The molecular formula is C19H18N2O2. The van der Waals surface area contributed by atoms with E-state index in [0.717, 1.165) is 28.8 Å². The molecule has 0 radical (unpaired) electrons. The number of aromatic nitrogens is 1. The van der Waals surface area contributed by atoms with E-state index in [2.05, 4.69) is 28.5 Å². The normalized spacial score (nSPS) is 24.7. The average Bonchev–Trinajstić information content (AvgIpc) is 3.05. The third kappa shape index (κ3) is 2.13. The molecule has 0 saturated carbocycles. The predicted octanol–water partition coefficient (Wildman–Crippen LogP) is 3.91. The number of benzene rings is 1. The molecule has 0 bridgehead atoms. The van der Waals surface area contributed by atoms with Crippen molar-refractivity contribution in [1.82, 2.24) is 4.98 Å². The molecule has 2 aliphatic rings. The highest BCUT2D eigenvalue weighted by atomic mass is 16.4. The van der Waals surface area contributed by atoms with E-state index in [-0.39, 0.29) is 12.0 Å². The molecule has 4 nitrogen and oxygen atoms in total. The molecule has 1 aliphatic heterocycles. The van der Waals surface area contributed by atoms with Gasteiger partial charge in [-0.15, -0.1) is 0 Å². The lowest BCUT2D eigenvalue weighted by molar-refractivity contribution is 0.0695.